The van der Waals surface area contributed by atoms with Gasteiger partial charge in [0.2, 0.25) is 5.76 Å². The number of aromatic nitrogens is 1. The molecule has 0 aliphatic heterocycles. The van der Waals surface area contributed by atoms with Gasteiger partial charge in [-0.2, -0.15) is 0 Å². The zero-order valence-electron chi connectivity index (χ0n) is 11.6. The Bertz CT molecular complexity index is 421. The summed E-state index contributed by atoms with van der Waals surface area (Å²) in [7, 11) is 0. The largest absolute Gasteiger partial charge is 0.436 e. The van der Waals surface area contributed by atoms with Crippen LogP contribution in [0.4, 0.5) is 0 Å². The van der Waals surface area contributed by atoms with Crippen molar-refractivity contribution in [2.45, 2.75) is 46.4 Å². The van der Waals surface area contributed by atoms with Crippen LogP contribution < -0.4 is 5.32 Å². The summed E-state index contributed by atoms with van der Waals surface area (Å²) in [5.41, 5.74) is 0.752. The lowest BCUT2D eigenvalue weighted by Crippen LogP contribution is -2.31. The first-order valence-electron chi connectivity index (χ1n) is 6.05. The van der Waals surface area contributed by atoms with Crippen molar-refractivity contribution in [1.82, 2.24) is 10.3 Å². The van der Waals surface area contributed by atoms with Crippen LogP contribution >= 0.6 is 11.6 Å². The number of carbonyl (C=O) groups excluding carboxylic acids is 1. The Balaban J connectivity index is 2.49. The van der Waals surface area contributed by atoms with Gasteiger partial charge < -0.3 is 9.73 Å². The van der Waals surface area contributed by atoms with Gasteiger partial charge in [-0.1, -0.05) is 20.8 Å². The highest BCUT2D eigenvalue weighted by Gasteiger charge is 2.20. The number of rotatable bonds is 4. The van der Waals surface area contributed by atoms with Gasteiger partial charge in [0, 0.05) is 13.5 Å². The second-order valence-corrected chi connectivity index (χ2v) is 6.34. The summed E-state index contributed by atoms with van der Waals surface area (Å²) in [5, 5.41) is 2.69. The van der Waals surface area contributed by atoms with Crippen LogP contribution in [0.5, 0.6) is 0 Å². The van der Waals surface area contributed by atoms with Crippen molar-refractivity contribution in [2.24, 2.45) is 5.41 Å². The van der Waals surface area contributed by atoms with E-state index in [0.717, 1.165) is 6.42 Å². The summed E-state index contributed by atoms with van der Waals surface area (Å²) in [6.45, 7) is 10.2. The van der Waals surface area contributed by atoms with Crippen LogP contribution in [0, 0.1) is 19.3 Å². The fraction of sp³-hybridized carbons (Fsp3) is 0.692. The molecular formula is C13H21ClN2O2. The molecule has 5 heteroatoms. The smallest absolute Gasteiger partial charge is 0.289 e. The number of alkyl halides is 1. The van der Waals surface area contributed by atoms with Crippen molar-refractivity contribution in [3.05, 3.63) is 17.3 Å². The molecule has 1 atom stereocenters. The predicted octanol–water partition coefficient (Wildman–Crippen LogP) is 3.06. The van der Waals surface area contributed by atoms with Gasteiger partial charge in [-0.3, -0.25) is 4.79 Å². The van der Waals surface area contributed by atoms with Crippen LogP contribution in [0.3, 0.4) is 0 Å². The maximum absolute atomic E-state index is 11.8. The molecule has 1 rings (SSSR count). The van der Waals surface area contributed by atoms with Crippen molar-refractivity contribution >= 4 is 17.5 Å². The molecule has 1 amide bonds. The van der Waals surface area contributed by atoms with Crippen molar-refractivity contribution in [2.75, 3.05) is 6.54 Å². The molecule has 0 bridgehead atoms. The Hall–Kier alpha value is -1.03. The second-order valence-electron chi connectivity index (χ2n) is 5.72. The molecular weight excluding hydrogens is 252 g/mol. The number of nitrogens with zero attached hydrogens (tertiary/aromatic N) is 1. The molecule has 102 valence electrons. The highest BCUT2D eigenvalue weighted by Crippen LogP contribution is 2.23. The van der Waals surface area contributed by atoms with Crippen molar-refractivity contribution in [1.29, 1.82) is 0 Å². The minimum atomic E-state index is -0.257. The quantitative estimate of drug-likeness (QED) is 0.857. The van der Waals surface area contributed by atoms with Crippen molar-refractivity contribution in [3.8, 4) is 0 Å². The maximum Gasteiger partial charge on any atom is 0.289 e. The minimum absolute atomic E-state index is 0.0849. The number of aryl methyl sites for hydroxylation is 2. The number of hydrogen-bond acceptors (Lipinski definition) is 3. The van der Waals surface area contributed by atoms with Crippen LogP contribution in [-0.4, -0.2) is 22.8 Å². The van der Waals surface area contributed by atoms with Gasteiger partial charge in [0.25, 0.3) is 5.91 Å². The van der Waals surface area contributed by atoms with Crippen LogP contribution in [0.25, 0.3) is 0 Å². The molecule has 0 aromatic carbocycles. The molecule has 1 N–H and O–H groups in total. The standard InChI is InChI=1S/C13H21ClN2O2/c1-8-11(18-9(2)16-8)12(17)15-7-10(14)6-13(3,4)5/h10H,6-7H2,1-5H3,(H,15,17). The van der Waals surface area contributed by atoms with Gasteiger partial charge in [0.15, 0.2) is 5.89 Å². The van der Waals surface area contributed by atoms with E-state index in [-0.39, 0.29) is 22.5 Å². The van der Waals surface area contributed by atoms with Gasteiger partial charge in [-0.25, -0.2) is 4.98 Å². The average molecular weight is 273 g/mol. The molecule has 1 aromatic rings. The first kappa shape index (κ1) is 15.0. The van der Waals surface area contributed by atoms with E-state index in [1.165, 1.54) is 0 Å². The van der Waals surface area contributed by atoms with E-state index in [0.29, 0.717) is 18.1 Å². The third kappa shape index (κ3) is 4.69. The predicted molar refractivity (Wildman–Crippen MR) is 72.0 cm³/mol. The highest BCUT2D eigenvalue weighted by atomic mass is 35.5. The first-order chi connectivity index (χ1) is 8.19. The molecule has 0 fully saturated rings. The molecule has 0 radical (unpaired) electrons. The Morgan fingerprint density at radius 1 is 1.44 bits per heavy atom. The van der Waals surface area contributed by atoms with E-state index < -0.39 is 0 Å². The minimum Gasteiger partial charge on any atom is -0.436 e. The van der Waals surface area contributed by atoms with E-state index in [1.54, 1.807) is 13.8 Å². The number of carbonyl (C=O) groups is 1. The Morgan fingerprint density at radius 2 is 2.06 bits per heavy atom. The zero-order valence-corrected chi connectivity index (χ0v) is 12.4. The Labute approximate surface area is 113 Å². The normalized spacial score (nSPS) is 13.4. The van der Waals surface area contributed by atoms with E-state index in [9.17, 15) is 4.79 Å². The van der Waals surface area contributed by atoms with Gasteiger partial charge in [0.1, 0.15) is 0 Å². The van der Waals surface area contributed by atoms with Crippen LogP contribution in [0.2, 0.25) is 0 Å². The third-order valence-electron chi connectivity index (χ3n) is 2.43. The van der Waals surface area contributed by atoms with Crippen LogP contribution in [0.1, 0.15) is 49.3 Å². The molecule has 1 heterocycles. The lowest BCUT2D eigenvalue weighted by atomic mass is 9.90. The average Bonchev–Trinajstić information content (AvgIpc) is 2.52. The van der Waals surface area contributed by atoms with E-state index in [2.05, 4.69) is 31.1 Å². The lowest BCUT2D eigenvalue weighted by Gasteiger charge is -2.21. The maximum atomic E-state index is 11.8. The molecule has 0 spiro atoms. The molecule has 0 aliphatic carbocycles. The topological polar surface area (TPSA) is 55.1 Å². The van der Waals surface area contributed by atoms with E-state index in [1.807, 2.05) is 0 Å². The van der Waals surface area contributed by atoms with Crippen LogP contribution in [0.15, 0.2) is 4.42 Å². The van der Waals surface area contributed by atoms with Crippen LogP contribution in [-0.2, 0) is 0 Å². The van der Waals surface area contributed by atoms with Gasteiger partial charge in [0.05, 0.1) is 11.1 Å². The van der Waals surface area contributed by atoms with Crippen molar-refractivity contribution < 1.29 is 9.21 Å². The summed E-state index contributed by atoms with van der Waals surface area (Å²) in [6.07, 6.45) is 0.837. The second kappa shape index (κ2) is 5.74. The third-order valence-corrected chi connectivity index (χ3v) is 2.74. The monoisotopic (exact) mass is 272 g/mol. The summed E-state index contributed by atoms with van der Waals surface area (Å²) in [5.74, 6) is 0.509. The summed E-state index contributed by atoms with van der Waals surface area (Å²) in [4.78, 5) is 15.9. The van der Waals surface area contributed by atoms with Gasteiger partial charge >= 0.3 is 0 Å². The van der Waals surface area contributed by atoms with E-state index >= 15 is 0 Å². The fourth-order valence-corrected chi connectivity index (χ4v) is 2.30. The molecule has 0 aliphatic rings. The van der Waals surface area contributed by atoms with Crippen molar-refractivity contribution in [3.63, 3.8) is 0 Å². The molecule has 1 unspecified atom stereocenters. The van der Waals surface area contributed by atoms with Gasteiger partial charge in [-0.15, -0.1) is 11.6 Å². The number of amides is 1. The number of halogens is 1. The van der Waals surface area contributed by atoms with E-state index in [4.69, 9.17) is 16.0 Å². The molecule has 1 aromatic heterocycles. The molecule has 4 nitrogen and oxygen atoms in total. The summed E-state index contributed by atoms with van der Waals surface area (Å²) in [6, 6.07) is 0. The lowest BCUT2D eigenvalue weighted by molar-refractivity contribution is 0.0922. The SMILES string of the molecule is Cc1nc(C)c(C(=O)NCC(Cl)CC(C)(C)C)o1. The molecule has 18 heavy (non-hydrogen) atoms. The number of hydrogen-bond donors (Lipinski definition) is 1. The first-order valence-corrected chi connectivity index (χ1v) is 6.49. The molecule has 0 saturated carbocycles. The number of oxazole rings is 1. The zero-order chi connectivity index (χ0) is 13.9. The summed E-state index contributed by atoms with van der Waals surface area (Å²) < 4.78 is 5.24. The Morgan fingerprint density at radius 3 is 2.50 bits per heavy atom. The molecule has 0 saturated heterocycles. The Kier molecular flexibility index (Phi) is 4.79. The van der Waals surface area contributed by atoms with Gasteiger partial charge in [-0.05, 0) is 18.8 Å². The highest BCUT2D eigenvalue weighted by molar-refractivity contribution is 6.21. The number of nitrogens with one attached hydrogen (secondary N) is 1. The fourth-order valence-electron chi connectivity index (χ4n) is 1.76. The summed E-state index contributed by atoms with van der Waals surface area (Å²) >= 11 is 6.18.